The van der Waals surface area contributed by atoms with E-state index in [1.54, 1.807) is 0 Å². The van der Waals surface area contributed by atoms with E-state index in [1.165, 1.54) is 18.6 Å². The topological polar surface area (TPSA) is 47.6 Å². The predicted octanol–water partition coefficient (Wildman–Crippen LogP) is 4.31. The summed E-state index contributed by atoms with van der Waals surface area (Å²) >= 11 is 0. The third-order valence-electron chi connectivity index (χ3n) is 4.18. The lowest BCUT2D eigenvalue weighted by Crippen LogP contribution is -2.26. The Balaban J connectivity index is 1.38. The molecule has 4 nitrogen and oxygen atoms in total. The van der Waals surface area contributed by atoms with Gasteiger partial charge in [-0.05, 0) is 43.9 Å². The molecule has 1 amide bonds. The maximum atomic E-state index is 12.1. The molecule has 23 heavy (non-hydrogen) atoms. The van der Waals surface area contributed by atoms with E-state index in [9.17, 15) is 4.79 Å². The number of ether oxygens (including phenoxy) is 2. The molecule has 1 aromatic carbocycles. The maximum absolute atomic E-state index is 12.1. The molecule has 1 aromatic rings. The molecule has 1 fully saturated rings. The molecule has 0 aliphatic carbocycles. The first-order valence-corrected chi connectivity index (χ1v) is 10.6. The lowest BCUT2D eigenvalue weighted by atomic mass is 10.1. The second-order valence-electron chi connectivity index (χ2n) is 5.98. The van der Waals surface area contributed by atoms with Crippen LogP contribution in [0.5, 0.6) is 11.5 Å². The summed E-state index contributed by atoms with van der Waals surface area (Å²) in [5.74, 6) is 2.94. The van der Waals surface area contributed by atoms with Gasteiger partial charge < -0.3 is 14.8 Å². The summed E-state index contributed by atoms with van der Waals surface area (Å²) in [6, 6.07) is 5.81. The predicted molar refractivity (Wildman–Crippen MR) is 96.0 cm³/mol. The Kier molecular flexibility index (Phi) is 6.00. The van der Waals surface area contributed by atoms with E-state index >= 15 is 0 Å². The summed E-state index contributed by atoms with van der Waals surface area (Å²) in [5.41, 5.74) is 1.04. The Morgan fingerprint density at radius 2 is 2.22 bits per heavy atom. The molecule has 2 atom stereocenters. The Hall–Kier alpha value is -1.01. The number of carbonyl (C=O) groups excluding carboxylic acids is 1. The highest BCUT2D eigenvalue weighted by Crippen LogP contribution is 2.40. The molecule has 0 aromatic heterocycles. The van der Waals surface area contributed by atoms with E-state index in [0.29, 0.717) is 6.42 Å². The average molecular weight is 354 g/mol. The maximum Gasteiger partial charge on any atom is 0.231 e. The van der Waals surface area contributed by atoms with Crippen LogP contribution < -0.4 is 14.8 Å². The zero-order chi connectivity index (χ0) is 16.1. The molecular weight excluding hydrogens is 330 g/mol. The normalized spacial score (nSPS) is 20.5. The molecule has 0 saturated carbocycles. The largest absolute Gasteiger partial charge is 0.454 e. The van der Waals surface area contributed by atoms with E-state index in [4.69, 9.17) is 9.47 Å². The van der Waals surface area contributed by atoms with Crippen molar-refractivity contribution in [1.29, 1.82) is 0 Å². The van der Waals surface area contributed by atoms with Crippen molar-refractivity contribution in [3.05, 3.63) is 23.8 Å². The van der Waals surface area contributed by atoms with Crippen molar-refractivity contribution in [1.82, 2.24) is 5.32 Å². The van der Waals surface area contributed by atoms with Gasteiger partial charge in [-0.25, -0.2) is 0 Å². The fraction of sp³-hybridized carbons (Fsp3) is 0.588. The van der Waals surface area contributed by atoms with Gasteiger partial charge in [-0.3, -0.25) is 4.79 Å². The van der Waals surface area contributed by atoms with Crippen LogP contribution in [-0.4, -0.2) is 23.7 Å². The van der Waals surface area contributed by atoms with E-state index in [2.05, 4.69) is 5.32 Å². The average Bonchev–Trinajstić information content (AvgIpc) is 3.22. The van der Waals surface area contributed by atoms with Crippen LogP contribution in [0.2, 0.25) is 0 Å². The first-order valence-electron chi connectivity index (χ1n) is 8.19. The van der Waals surface area contributed by atoms with Gasteiger partial charge >= 0.3 is 0 Å². The van der Waals surface area contributed by atoms with Gasteiger partial charge in [0.05, 0.1) is 6.04 Å². The van der Waals surface area contributed by atoms with Crippen molar-refractivity contribution < 1.29 is 14.3 Å². The van der Waals surface area contributed by atoms with Crippen molar-refractivity contribution in [2.24, 2.45) is 0 Å². The molecule has 2 aliphatic heterocycles. The number of benzene rings is 1. The third kappa shape index (κ3) is 4.73. The lowest BCUT2D eigenvalue weighted by Gasteiger charge is -2.15. The highest BCUT2D eigenvalue weighted by atomic mass is 33.1. The SMILES string of the molecule is CC(NC(=O)CCCCC1CCSS1)c1ccc2c(c1)OCO2. The van der Waals surface area contributed by atoms with Crippen LogP contribution in [0.1, 0.15) is 50.6 Å². The molecule has 2 heterocycles. The van der Waals surface area contributed by atoms with Crippen LogP contribution in [0, 0.1) is 0 Å². The van der Waals surface area contributed by atoms with E-state index in [-0.39, 0.29) is 18.7 Å². The minimum absolute atomic E-state index is 0.0150. The van der Waals surface area contributed by atoms with Crippen molar-refractivity contribution in [3.63, 3.8) is 0 Å². The molecule has 126 valence electrons. The molecule has 6 heteroatoms. The first-order chi connectivity index (χ1) is 11.2. The van der Waals surface area contributed by atoms with Crippen LogP contribution in [-0.2, 0) is 4.79 Å². The summed E-state index contributed by atoms with van der Waals surface area (Å²) in [4.78, 5) is 12.1. The molecular formula is C17H23NO3S2. The lowest BCUT2D eigenvalue weighted by molar-refractivity contribution is -0.121. The number of hydrogen-bond acceptors (Lipinski definition) is 5. The zero-order valence-corrected chi connectivity index (χ0v) is 15.0. The van der Waals surface area contributed by atoms with Gasteiger partial charge in [-0.1, -0.05) is 34.1 Å². The van der Waals surface area contributed by atoms with Crippen molar-refractivity contribution in [2.45, 2.75) is 50.3 Å². The van der Waals surface area contributed by atoms with Crippen molar-refractivity contribution >= 4 is 27.5 Å². The van der Waals surface area contributed by atoms with E-state index in [1.807, 2.05) is 46.7 Å². The Morgan fingerprint density at radius 3 is 3.04 bits per heavy atom. The van der Waals surface area contributed by atoms with E-state index < -0.39 is 0 Å². The number of fused-ring (bicyclic) bond motifs is 1. The van der Waals surface area contributed by atoms with Gasteiger partial charge in [0.1, 0.15) is 0 Å². The fourth-order valence-corrected chi connectivity index (χ4v) is 5.83. The smallest absolute Gasteiger partial charge is 0.231 e. The van der Waals surface area contributed by atoms with Gasteiger partial charge in [-0.15, -0.1) is 0 Å². The first kappa shape index (κ1) is 16.8. The zero-order valence-electron chi connectivity index (χ0n) is 13.4. The fourth-order valence-electron chi connectivity index (χ4n) is 2.80. The van der Waals surface area contributed by atoms with Crippen LogP contribution in [0.4, 0.5) is 0 Å². The van der Waals surface area contributed by atoms with Crippen LogP contribution in [0.3, 0.4) is 0 Å². The van der Waals surface area contributed by atoms with Gasteiger partial charge in [0.25, 0.3) is 0 Å². The summed E-state index contributed by atoms with van der Waals surface area (Å²) in [6.45, 7) is 2.28. The Bertz CT molecular complexity index is 547. The summed E-state index contributed by atoms with van der Waals surface area (Å²) in [5, 5.41) is 3.87. The number of hydrogen-bond donors (Lipinski definition) is 1. The minimum atomic E-state index is -0.0150. The molecule has 0 spiro atoms. The van der Waals surface area contributed by atoms with Gasteiger partial charge in [0.15, 0.2) is 11.5 Å². The standard InChI is InChI=1S/C17H23NO3S2/c1-12(13-6-7-15-16(10-13)21-11-20-15)18-17(19)5-3-2-4-14-8-9-22-23-14/h6-7,10,12,14H,2-5,8-9,11H2,1H3,(H,18,19). The monoisotopic (exact) mass is 353 g/mol. The highest BCUT2D eigenvalue weighted by molar-refractivity contribution is 8.77. The van der Waals surface area contributed by atoms with Crippen LogP contribution >= 0.6 is 21.6 Å². The number of amides is 1. The second-order valence-corrected chi connectivity index (χ2v) is 8.76. The molecule has 1 saturated heterocycles. The number of rotatable bonds is 7. The number of carbonyl (C=O) groups is 1. The summed E-state index contributed by atoms with van der Waals surface area (Å²) in [7, 11) is 3.99. The summed E-state index contributed by atoms with van der Waals surface area (Å²) < 4.78 is 10.7. The Labute approximate surface area is 145 Å². The van der Waals surface area contributed by atoms with Crippen LogP contribution in [0.15, 0.2) is 18.2 Å². The van der Waals surface area contributed by atoms with Gasteiger partial charge in [0.2, 0.25) is 12.7 Å². The molecule has 2 aliphatic rings. The second kappa shape index (κ2) is 8.20. The molecule has 1 N–H and O–H groups in total. The van der Waals surface area contributed by atoms with Gasteiger partial charge in [0, 0.05) is 17.4 Å². The van der Waals surface area contributed by atoms with Gasteiger partial charge in [-0.2, -0.15) is 0 Å². The molecule has 3 rings (SSSR count). The minimum Gasteiger partial charge on any atom is -0.454 e. The van der Waals surface area contributed by atoms with Crippen molar-refractivity contribution in [3.8, 4) is 11.5 Å². The van der Waals surface area contributed by atoms with Crippen LogP contribution in [0.25, 0.3) is 0 Å². The van der Waals surface area contributed by atoms with Crippen molar-refractivity contribution in [2.75, 3.05) is 12.5 Å². The molecule has 2 unspecified atom stereocenters. The third-order valence-corrected chi connectivity index (χ3v) is 7.19. The highest BCUT2D eigenvalue weighted by Gasteiger charge is 2.18. The summed E-state index contributed by atoms with van der Waals surface area (Å²) in [6.07, 6.45) is 5.29. The number of nitrogens with one attached hydrogen (secondary N) is 1. The molecule has 0 bridgehead atoms. The quantitative estimate of drug-likeness (QED) is 0.585. The van der Waals surface area contributed by atoms with E-state index in [0.717, 1.165) is 35.2 Å². The number of unbranched alkanes of at least 4 members (excludes halogenated alkanes) is 1. The Morgan fingerprint density at radius 1 is 1.35 bits per heavy atom. The molecule has 0 radical (unpaired) electrons.